The number of rotatable bonds is 7. The van der Waals surface area contributed by atoms with Gasteiger partial charge in [-0.1, -0.05) is 11.6 Å². The molecule has 12 heteroatoms. The van der Waals surface area contributed by atoms with Crippen LogP contribution in [0.3, 0.4) is 0 Å². The maximum absolute atomic E-state index is 12.9. The Morgan fingerprint density at radius 1 is 1.20 bits per heavy atom. The molecule has 2 fully saturated rings. The van der Waals surface area contributed by atoms with E-state index in [1.165, 1.54) is 0 Å². The van der Waals surface area contributed by atoms with Gasteiger partial charge < -0.3 is 15.8 Å². The number of carbonyl (C=O) groups excluding carboxylic acids is 2. The van der Waals surface area contributed by atoms with Crippen LogP contribution in [0.1, 0.15) is 58.6 Å². The van der Waals surface area contributed by atoms with E-state index in [2.05, 4.69) is 15.5 Å². The molecule has 0 aliphatic heterocycles. The predicted octanol–water partition coefficient (Wildman–Crippen LogP) is 3.64. The smallest absolute Gasteiger partial charge is 0.333 e. The molecule has 0 bridgehead atoms. The molecule has 3 N–H and O–H groups in total. The summed E-state index contributed by atoms with van der Waals surface area (Å²) in [6, 6.07) is 7.22. The largest absolute Gasteiger partial charge is 0.473 e. The SMILES string of the molecule is Cc1c(C(=O)NC2CC3(C2)CC(Oc2nn(C(F)F)cc2C(N)=O)C3)cnn1-c1ccc(Cl)cc1. The number of benzene rings is 1. The van der Waals surface area contributed by atoms with E-state index in [1.807, 2.05) is 19.1 Å². The molecule has 3 aromatic rings. The van der Waals surface area contributed by atoms with Gasteiger partial charge in [-0.05, 0) is 62.3 Å². The van der Waals surface area contributed by atoms with Crippen LogP contribution < -0.4 is 15.8 Å². The van der Waals surface area contributed by atoms with Crippen LogP contribution in [0.15, 0.2) is 36.7 Å². The number of aromatic nitrogens is 4. The molecule has 0 radical (unpaired) electrons. The Balaban J connectivity index is 1.14. The minimum atomic E-state index is -2.89. The molecule has 184 valence electrons. The molecule has 9 nitrogen and oxygen atoms in total. The van der Waals surface area contributed by atoms with Gasteiger partial charge in [0.25, 0.3) is 11.8 Å². The molecule has 2 saturated carbocycles. The van der Waals surface area contributed by atoms with Gasteiger partial charge in [-0.25, -0.2) is 9.36 Å². The lowest BCUT2D eigenvalue weighted by Gasteiger charge is -2.57. The fraction of sp³-hybridized carbons (Fsp3) is 0.391. The van der Waals surface area contributed by atoms with Crippen molar-refractivity contribution in [2.24, 2.45) is 11.1 Å². The third-order valence-electron chi connectivity index (χ3n) is 6.78. The third-order valence-corrected chi connectivity index (χ3v) is 7.03. The first-order valence-electron chi connectivity index (χ1n) is 11.1. The average molecular weight is 505 g/mol. The zero-order valence-corrected chi connectivity index (χ0v) is 19.5. The molecular formula is C23H23ClF2N6O3. The van der Waals surface area contributed by atoms with Crippen LogP contribution in [0.2, 0.25) is 5.02 Å². The molecule has 2 heterocycles. The summed E-state index contributed by atoms with van der Waals surface area (Å²) in [4.78, 5) is 24.3. The van der Waals surface area contributed by atoms with Crippen LogP contribution in [0, 0.1) is 12.3 Å². The first-order chi connectivity index (χ1) is 16.6. The van der Waals surface area contributed by atoms with Crippen LogP contribution in [0.25, 0.3) is 5.69 Å². The molecule has 2 aliphatic carbocycles. The summed E-state index contributed by atoms with van der Waals surface area (Å²) in [6.07, 6.45) is 5.15. The number of nitrogens with two attached hydrogens (primary N) is 1. The van der Waals surface area contributed by atoms with Crippen molar-refractivity contribution in [3.05, 3.63) is 58.5 Å². The van der Waals surface area contributed by atoms with Crippen molar-refractivity contribution < 1.29 is 23.1 Å². The van der Waals surface area contributed by atoms with Crippen molar-refractivity contribution >= 4 is 23.4 Å². The van der Waals surface area contributed by atoms with Crippen molar-refractivity contribution in [3.63, 3.8) is 0 Å². The van der Waals surface area contributed by atoms with Crippen molar-refractivity contribution in [1.29, 1.82) is 0 Å². The van der Waals surface area contributed by atoms with Gasteiger partial charge in [0, 0.05) is 17.3 Å². The van der Waals surface area contributed by atoms with Gasteiger partial charge in [-0.15, -0.1) is 5.10 Å². The Kier molecular flexibility index (Phi) is 5.74. The van der Waals surface area contributed by atoms with Crippen LogP contribution in [0.5, 0.6) is 5.88 Å². The van der Waals surface area contributed by atoms with E-state index in [0.717, 1.165) is 30.4 Å². The van der Waals surface area contributed by atoms with Crippen LogP contribution in [-0.2, 0) is 0 Å². The number of alkyl halides is 2. The number of hydrogen-bond donors (Lipinski definition) is 2. The van der Waals surface area contributed by atoms with E-state index >= 15 is 0 Å². The number of hydrogen-bond acceptors (Lipinski definition) is 5. The lowest BCUT2D eigenvalue weighted by Crippen LogP contribution is -2.58. The highest BCUT2D eigenvalue weighted by molar-refractivity contribution is 6.30. The molecule has 2 aromatic heterocycles. The minimum Gasteiger partial charge on any atom is -0.473 e. The molecule has 1 aromatic carbocycles. The van der Waals surface area contributed by atoms with Gasteiger partial charge in [-0.3, -0.25) is 9.59 Å². The Morgan fingerprint density at radius 3 is 2.51 bits per heavy atom. The number of halogens is 3. The van der Waals surface area contributed by atoms with Gasteiger partial charge in [0.1, 0.15) is 11.7 Å². The second kappa shape index (κ2) is 8.63. The zero-order valence-electron chi connectivity index (χ0n) is 18.7. The first kappa shape index (κ1) is 23.3. The molecule has 0 unspecified atom stereocenters. The topological polar surface area (TPSA) is 117 Å². The monoisotopic (exact) mass is 504 g/mol. The third kappa shape index (κ3) is 4.36. The number of primary amides is 1. The number of carbonyl (C=O) groups is 2. The van der Waals surface area contributed by atoms with Gasteiger partial charge in [0.2, 0.25) is 5.88 Å². The summed E-state index contributed by atoms with van der Waals surface area (Å²) in [6.45, 7) is -1.06. The summed E-state index contributed by atoms with van der Waals surface area (Å²) in [7, 11) is 0. The zero-order chi connectivity index (χ0) is 24.9. The molecular weight excluding hydrogens is 482 g/mol. The van der Waals surface area contributed by atoms with Crippen LogP contribution in [0.4, 0.5) is 8.78 Å². The highest BCUT2D eigenvalue weighted by atomic mass is 35.5. The van der Waals surface area contributed by atoms with E-state index in [0.29, 0.717) is 28.1 Å². The Labute approximate surface area is 204 Å². The molecule has 2 amide bonds. The summed E-state index contributed by atoms with van der Waals surface area (Å²) >= 11 is 5.94. The van der Waals surface area contributed by atoms with Crippen molar-refractivity contribution in [1.82, 2.24) is 24.9 Å². The fourth-order valence-electron chi connectivity index (χ4n) is 5.04. The van der Waals surface area contributed by atoms with E-state index in [-0.39, 0.29) is 34.9 Å². The van der Waals surface area contributed by atoms with Crippen molar-refractivity contribution in [2.75, 3.05) is 0 Å². The predicted molar refractivity (Wildman–Crippen MR) is 122 cm³/mol. The Morgan fingerprint density at radius 2 is 1.89 bits per heavy atom. The molecule has 1 spiro atoms. The second-order valence-corrected chi connectivity index (χ2v) is 9.66. The molecule has 5 rings (SSSR count). The van der Waals surface area contributed by atoms with Gasteiger partial charge in [0.05, 0.1) is 23.1 Å². The molecule has 0 atom stereocenters. The summed E-state index contributed by atoms with van der Waals surface area (Å²) in [5.74, 6) is -1.23. The number of nitrogens with one attached hydrogen (secondary N) is 1. The normalized spacial score (nSPS) is 23.1. The van der Waals surface area contributed by atoms with E-state index in [9.17, 15) is 18.4 Å². The van der Waals surface area contributed by atoms with E-state index in [1.54, 1.807) is 23.0 Å². The number of nitrogens with zero attached hydrogens (tertiary/aromatic N) is 4. The van der Waals surface area contributed by atoms with Gasteiger partial charge in [-0.2, -0.15) is 13.9 Å². The lowest BCUT2D eigenvalue weighted by atomic mass is 9.53. The van der Waals surface area contributed by atoms with Gasteiger partial charge in [0.15, 0.2) is 0 Å². The maximum Gasteiger partial charge on any atom is 0.333 e. The van der Waals surface area contributed by atoms with E-state index < -0.39 is 12.5 Å². The van der Waals surface area contributed by atoms with Crippen LogP contribution in [-0.4, -0.2) is 43.5 Å². The number of ether oxygens (including phenoxy) is 1. The minimum absolute atomic E-state index is 0.0287. The lowest BCUT2D eigenvalue weighted by molar-refractivity contribution is -0.0853. The van der Waals surface area contributed by atoms with Gasteiger partial charge >= 0.3 is 6.55 Å². The standard InChI is InChI=1S/C23H23ClF2N6O3/c1-12-17(10-28-32(12)15-4-2-13(24)3-5-15)20(34)29-14-6-23(7-14)8-16(9-23)35-21-18(19(27)33)11-31(30-21)22(25)26/h2-5,10-11,14,16,22H,6-9H2,1H3,(H2,27,33)(H,29,34). The highest BCUT2D eigenvalue weighted by Gasteiger charge is 2.54. The molecule has 35 heavy (non-hydrogen) atoms. The average Bonchev–Trinajstić information content (AvgIpc) is 3.35. The van der Waals surface area contributed by atoms with Crippen LogP contribution >= 0.6 is 11.6 Å². The van der Waals surface area contributed by atoms with Crippen molar-refractivity contribution in [3.8, 4) is 11.6 Å². The summed E-state index contributed by atoms with van der Waals surface area (Å²) < 4.78 is 33.5. The second-order valence-electron chi connectivity index (χ2n) is 9.23. The highest BCUT2D eigenvalue weighted by Crippen LogP contribution is 2.56. The fourth-order valence-corrected chi connectivity index (χ4v) is 5.16. The Bertz CT molecular complexity index is 1270. The number of amides is 2. The van der Waals surface area contributed by atoms with Crippen molar-refractivity contribution in [2.45, 2.75) is 51.3 Å². The maximum atomic E-state index is 12.9. The first-order valence-corrected chi connectivity index (χ1v) is 11.5. The summed E-state index contributed by atoms with van der Waals surface area (Å²) in [5.41, 5.74) is 7.16. The molecule has 0 saturated heterocycles. The van der Waals surface area contributed by atoms with E-state index in [4.69, 9.17) is 22.1 Å². The summed E-state index contributed by atoms with van der Waals surface area (Å²) in [5, 5.41) is 11.7. The molecule has 2 aliphatic rings. The quantitative estimate of drug-likeness (QED) is 0.509. The Hall–Kier alpha value is -3.47.